The first-order valence-electron chi connectivity index (χ1n) is 8.93. The van der Waals surface area contributed by atoms with E-state index in [-0.39, 0.29) is 11.7 Å². The van der Waals surface area contributed by atoms with E-state index >= 15 is 0 Å². The van der Waals surface area contributed by atoms with Crippen LogP contribution < -0.4 is 4.90 Å². The second-order valence-corrected chi connectivity index (χ2v) is 7.79. The van der Waals surface area contributed by atoms with Crippen LogP contribution in [0.5, 0.6) is 0 Å². The van der Waals surface area contributed by atoms with Gasteiger partial charge in [0.25, 0.3) is 0 Å². The number of nitrogens with zero attached hydrogens (tertiary/aromatic N) is 2. The minimum absolute atomic E-state index is 0.211. The number of ether oxygens (including phenoxy) is 1. The summed E-state index contributed by atoms with van der Waals surface area (Å²) in [4.78, 5) is 15.7. The second-order valence-electron chi connectivity index (χ2n) is 7.79. The number of hydrogen-bond donors (Lipinski definition) is 0. The van der Waals surface area contributed by atoms with Gasteiger partial charge in [0.2, 0.25) is 0 Å². The Labute approximate surface area is 158 Å². The van der Waals surface area contributed by atoms with E-state index in [9.17, 15) is 17.7 Å². The van der Waals surface area contributed by atoms with Gasteiger partial charge in [0, 0.05) is 37.4 Å². The van der Waals surface area contributed by atoms with E-state index in [1.807, 2.05) is 4.90 Å². The van der Waals surface area contributed by atoms with Gasteiger partial charge in [-0.1, -0.05) is 17.8 Å². The summed E-state index contributed by atoms with van der Waals surface area (Å²) in [5, 5.41) is 0. The summed E-state index contributed by atoms with van der Waals surface area (Å²) in [6.07, 6.45) is 4.16. The molecule has 0 aliphatic carbocycles. The first kappa shape index (κ1) is 21.0. The minimum atomic E-state index is -4.95. The van der Waals surface area contributed by atoms with Crippen LogP contribution in [0.15, 0.2) is 12.1 Å². The molecule has 0 radical (unpaired) electrons. The van der Waals surface area contributed by atoms with Crippen LogP contribution in [-0.2, 0) is 11.1 Å². The molecule has 8 heteroatoms. The maximum Gasteiger partial charge on any atom is 0.482 e. The highest BCUT2D eigenvalue weighted by atomic mass is 19.4. The lowest BCUT2D eigenvalue weighted by Crippen LogP contribution is -2.50. The monoisotopic (exact) mass is 381 g/mol. The Hall–Kier alpha value is -2.30. The molecule has 1 aliphatic heterocycles. The zero-order chi connectivity index (χ0) is 20.4. The number of halogens is 3. The van der Waals surface area contributed by atoms with Crippen LogP contribution >= 0.6 is 0 Å². The highest BCUT2D eigenvalue weighted by molar-refractivity contribution is 6.57. The molecule has 4 nitrogen and oxygen atoms in total. The number of piperazine rings is 1. The maximum atomic E-state index is 12.9. The summed E-state index contributed by atoms with van der Waals surface area (Å²) < 4.78 is 44.2. The number of rotatable bonds is 3. The van der Waals surface area contributed by atoms with Crippen molar-refractivity contribution in [3.05, 3.63) is 28.8 Å². The van der Waals surface area contributed by atoms with Gasteiger partial charge in [0.15, 0.2) is 0 Å². The molecule has 0 atom stereocenters. The lowest BCUT2D eigenvalue weighted by Gasteiger charge is -2.37. The molecule has 1 fully saturated rings. The Morgan fingerprint density at radius 2 is 1.81 bits per heavy atom. The van der Waals surface area contributed by atoms with Crippen LogP contribution in [0, 0.1) is 19.3 Å². The van der Waals surface area contributed by atoms with Crippen molar-refractivity contribution in [3.63, 3.8) is 0 Å². The molecule has 1 aliphatic rings. The van der Waals surface area contributed by atoms with Gasteiger partial charge >= 0.3 is 13.1 Å². The van der Waals surface area contributed by atoms with Crippen molar-refractivity contribution >= 4 is 18.8 Å². The molecule has 1 aromatic carbocycles. The van der Waals surface area contributed by atoms with Crippen LogP contribution in [0.3, 0.4) is 0 Å². The molecule has 2 rings (SSSR count). The van der Waals surface area contributed by atoms with Gasteiger partial charge in [-0.2, -0.15) is 0 Å². The topological polar surface area (TPSA) is 32.8 Å². The lowest BCUT2D eigenvalue weighted by atomic mass is 9.79. The quantitative estimate of drug-likeness (QED) is 0.587. The molecule has 0 saturated carbocycles. The zero-order valence-corrected chi connectivity index (χ0v) is 16.2. The first-order valence-corrected chi connectivity index (χ1v) is 8.93. The molecule has 0 bridgehead atoms. The molecule has 1 amide bonds. The van der Waals surface area contributed by atoms with Gasteiger partial charge in [-0.25, -0.2) is 4.79 Å². The van der Waals surface area contributed by atoms with Gasteiger partial charge in [-0.15, -0.1) is 6.42 Å². The van der Waals surface area contributed by atoms with E-state index in [0.29, 0.717) is 43.0 Å². The predicted octanol–water partition coefficient (Wildman–Crippen LogP) is 3.96. The smallest absolute Gasteiger partial charge is 0.449 e. The molecule has 0 unspecified atom stereocenters. The van der Waals surface area contributed by atoms with E-state index in [1.54, 1.807) is 44.7 Å². The maximum absolute atomic E-state index is 12.9. The third kappa shape index (κ3) is 5.85. The molecule has 0 spiro atoms. The molecule has 0 aromatic heterocycles. The summed E-state index contributed by atoms with van der Waals surface area (Å²) in [5.74, 6) is 2.48. The highest BCUT2D eigenvalue weighted by Crippen LogP contribution is 2.28. The third-order valence-corrected chi connectivity index (χ3v) is 4.40. The van der Waals surface area contributed by atoms with Crippen molar-refractivity contribution in [2.75, 3.05) is 31.1 Å². The van der Waals surface area contributed by atoms with Crippen LogP contribution in [0.25, 0.3) is 0 Å². The molecule has 27 heavy (non-hydrogen) atoms. The summed E-state index contributed by atoms with van der Waals surface area (Å²) in [5.41, 5.74) is 1.26. The molecular weight excluding hydrogens is 356 g/mol. The minimum Gasteiger partial charge on any atom is -0.449 e. The van der Waals surface area contributed by atoms with E-state index in [2.05, 4.69) is 5.92 Å². The van der Waals surface area contributed by atoms with Crippen LogP contribution in [0.2, 0.25) is 0 Å². The summed E-state index contributed by atoms with van der Waals surface area (Å²) in [7, 11) is 0. The van der Waals surface area contributed by atoms with Gasteiger partial charge in [-0.05, 0) is 45.4 Å². The van der Waals surface area contributed by atoms with Gasteiger partial charge in [-0.3, -0.25) is 0 Å². The average Bonchev–Trinajstić information content (AvgIpc) is 2.54. The molecule has 148 valence electrons. The number of benzene rings is 1. The van der Waals surface area contributed by atoms with Gasteiger partial charge in [0.05, 0.1) is 0 Å². The van der Waals surface area contributed by atoms with Gasteiger partial charge in [0.1, 0.15) is 5.60 Å². The number of anilines is 1. The number of carbonyl (C=O) groups excluding carboxylic acids is 1. The predicted molar refractivity (Wildman–Crippen MR) is 102 cm³/mol. The fraction of sp³-hybridized carbons (Fsp3) is 0.526. The third-order valence-electron chi connectivity index (χ3n) is 4.40. The Bertz CT molecular complexity index is 743. The van der Waals surface area contributed by atoms with Gasteiger partial charge < -0.3 is 27.5 Å². The average molecular weight is 381 g/mol. The Kier molecular flexibility index (Phi) is 6.03. The van der Waals surface area contributed by atoms with E-state index in [1.165, 1.54) is 0 Å². The Balaban J connectivity index is 2.15. The van der Waals surface area contributed by atoms with E-state index < -0.39 is 18.9 Å². The fourth-order valence-corrected chi connectivity index (χ4v) is 3.03. The number of carbonyl (C=O) groups is 1. The van der Waals surface area contributed by atoms with Crippen molar-refractivity contribution in [3.8, 4) is 12.3 Å². The van der Waals surface area contributed by atoms with E-state index in [0.717, 1.165) is 0 Å². The lowest BCUT2D eigenvalue weighted by molar-refractivity contribution is 0.0240. The van der Waals surface area contributed by atoms with Crippen molar-refractivity contribution in [1.82, 2.24) is 4.90 Å². The standard InChI is InChI=1S/C19H25BF3N2O2/c1-6-15-11-17(12-16(14(15)2)13-20(21,22)23)24-7-9-25(10-8-24)18(26)27-19(3,4)5/h1,11-12H,7-10,13H2,2-5H3/q-1. The number of amides is 1. The number of hydrogen-bond acceptors (Lipinski definition) is 3. The molecule has 1 aromatic rings. The zero-order valence-electron chi connectivity index (χ0n) is 16.2. The van der Waals surface area contributed by atoms with Crippen molar-refractivity contribution < 1.29 is 22.5 Å². The fourth-order valence-electron chi connectivity index (χ4n) is 3.03. The molecule has 1 saturated heterocycles. The van der Waals surface area contributed by atoms with Crippen LogP contribution in [0.1, 0.15) is 37.5 Å². The van der Waals surface area contributed by atoms with Crippen LogP contribution in [0.4, 0.5) is 23.4 Å². The SMILES string of the molecule is C#Cc1cc(N2CCN(C(=O)OC(C)(C)C)CC2)cc(C[B-](F)(F)F)c1C. The summed E-state index contributed by atoms with van der Waals surface area (Å²) >= 11 is 0. The summed E-state index contributed by atoms with van der Waals surface area (Å²) in [6, 6.07) is 3.31. The van der Waals surface area contributed by atoms with E-state index in [4.69, 9.17) is 11.2 Å². The normalized spacial score (nSPS) is 15.5. The largest absolute Gasteiger partial charge is 0.482 e. The Morgan fingerprint density at radius 3 is 2.30 bits per heavy atom. The van der Waals surface area contributed by atoms with Crippen molar-refractivity contribution in [1.29, 1.82) is 0 Å². The Morgan fingerprint density at radius 1 is 1.22 bits per heavy atom. The first-order chi connectivity index (χ1) is 12.4. The van der Waals surface area contributed by atoms with Crippen molar-refractivity contribution in [2.45, 2.75) is 39.6 Å². The van der Waals surface area contributed by atoms with Crippen molar-refractivity contribution in [2.24, 2.45) is 0 Å². The highest BCUT2D eigenvalue weighted by Gasteiger charge is 2.28. The molecule has 0 N–H and O–H groups in total. The number of terminal acetylenes is 1. The van der Waals surface area contributed by atoms with Crippen LogP contribution in [-0.4, -0.2) is 49.8 Å². The molecule has 1 heterocycles. The second kappa shape index (κ2) is 7.75. The molecular formula is C19H25BF3N2O2-. The summed E-state index contributed by atoms with van der Waals surface area (Å²) in [6.45, 7) is 3.96.